The van der Waals surface area contributed by atoms with E-state index in [-0.39, 0.29) is 5.91 Å². The molecule has 0 aromatic heterocycles. The van der Waals surface area contributed by atoms with Crippen LogP contribution >= 0.6 is 0 Å². The highest BCUT2D eigenvalue weighted by molar-refractivity contribution is 5.76. The molecule has 0 aliphatic rings. The van der Waals surface area contributed by atoms with E-state index >= 15 is 0 Å². The molecular weight excluding hydrogens is 224 g/mol. The van der Waals surface area contributed by atoms with Gasteiger partial charge in [-0.2, -0.15) is 0 Å². The van der Waals surface area contributed by atoms with E-state index in [1.165, 1.54) is 0 Å². The van der Waals surface area contributed by atoms with Crippen molar-refractivity contribution in [2.24, 2.45) is 17.6 Å². The maximum atomic E-state index is 12.1. The van der Waals surface area contributed by atoms with Crippen LogP contribution in [-0.2, 0) is 4.79 Å². The Kier molecular flexibility index (Phi) is 9.08. The molecule has 0 saturated heterocycles. The number of nitrogens with zero attached hydrogens (tertiary/aromatic N) is 1. The van der Waals surface area contributed by atoms with Gasteiger partial charge in [0.1, 0.15) is 0 Å². The van der Waals surface area contributed by atoms with Crippen molar-refractivity contribution >= 4 is 5.91 Å². The maximum Gasteiger partial charge on any atom is 0.222 e. The van der Waals surface area contributed by atoms with E-state index in [0.717, 1.165) is 32.2 Å². The predicted molar refractivity (Wildman–Crippen MR) is 78.4 cm³/mol. The van der Waals surface area contributed by atoms with Gasteiger partial charge in [-0.1, -0.05) is 27.2 Å². The van der Waals surface area contributed by atoms with Gasteiger partial charge in [0.05, 0.1) is 0 Å². The molecule has 0 spiro atoms. The van der Waals surface area contributed by atoms with Gasteiger partial charge < -0.3 is 10.6 Å². The van der Waals surface area contributed by atoms with E-state index in [0.29, 0.717) is 24.3 Å². The highest BCUT2D eigenvalue weighted by Gasteiger charge is 2.17. The van der Waals surface area contributed by atoms with Crippen molar-refractivity contribution in [2.75, 3.05) is 13.6 Å². The van der Waals surface area contributed by atoms with Gasteiger partial charge in [0, 0.05) is 19.5 Å². The number of rotatable bonds is 9. The third-order valence-electron chi connectivity index (χ3n) is 3.79. The van der Waals surface area contributed by atoms with E-state index in [4.69, 9.17) is 5.73 Å². The van der Waals surface area contributed by atoms with Gasteiger partial charge in [0.25, 0.3) is 0 Å². The first-order valence-corrected chi connectivity index (χ1v) is 7.38. The first-order valence-electron chi connectivity index (χ1n) is 7.38. The van der Waals surface area contributed by atoms with Crippen LogP contribution in [0.25, 0.3) is 0 Å². The molecule has 0 aromatic carbocycles. The quantitative estimate of drug-likeness (QED) is 0.689. The van der Waals surface area contributed by atoms with Crippen LogP contribution in [-0.4, -0.2) is 30.4 Å². The Morgan fingerprint density at radius 2 is 1.83 bits per heavy atom. The van der Waals surface area contributed by atoms with Crippen molar-refractivity contribution in [2.45, 2.75) is 65.8 Å². The smallest absolute Gasteiger partial charge is 0.222 e. The number of carbonyl (C=O) groups excluding carboxylic acids is 1. The van der Waals surface area contributed by atoms with Crippen molar-refractivity contribution in [3.05, 3.63) is 0 Å². The van der Waals surface area contributed by atoms with Gasteiger partial charge in [-0.15, -0.1) is 0 Å². The van der Waals surface area contributed by atoms with E-state index in [9.17, 15) is 4.79 Å². The van der Waals surface area contributed by atoms with E-state index in [2.05, 4.69) is 27.7 Å². The predicted octanol–water partition coefficient (Wildman–Crippen LogP) is 3.03. The SMILES string of the molecule is CCC(CCN)CCC(=O)N(C)C(C)CC(C)C. The lowest BCUT2D eigenvalue weighted by atomic mass is 9.96. The number of nitrogens with two attached hydrogens (primary N) is 1. The molecule has 0 saturated carbocycles. The molecule has 0 aromatic rings. The molecule has 108 valence electrons. The molecule has 0 aliphatic carbocycles. The van der Waals surface area contributed by atoms with Crippen LogP contribution in [0.5, 0.6) is 0 Å². The molecule has 2 atom stereocenters. The van der Waals surface area contributed by atoms with Gasteiger partial charge in [-0.05, 0) is 44.6 Å². The molecule has 0 heterocycles. The molecule has 1 amide bonds. The fraction of sp³-hybridized carbons (Fsp3) is 0.933. The van der Waals surface area contributed by atoms with Crippen LogP contribution in [0.3, 0.4) is 0 Å². The Balaban J connectivity index is 4.07. The van der Waals surface area contributed by atoms with E-state index < -0.39 is 0 Å². The van der Waals surface area contributed by atoms with Crippen molar-refractivity contribution < 1.29 is 4.79 Å². The van der Waals surface area contributed by atoms with Crippen molar-refractivity contribution in [1.29, 1.82) is 0 Å². The van der Waals surface area contributed by atoms with Crippen molar-refractivity contribution in [3.63, 3.8) is 0 Å². The van der Waals surface area contributed by atoms with E-state index in [1.54, 1.807) is 0 Å². The monoisotopic (exact) mass is 256 g/mol. The van der Waals surface area contributed by atoms with Gasteiger partial charge in [-0.3, -0.25) is 4.79 Å². The zero-order chi connectivity index (χ0) is 14.1. The molecule has 0 rings (SSSR count). The first kappa shape index (κ1) is 17.4. The molecule has 0 aliphatic heterocycles. The lowest BCUT2D eigenvalue weighted by Gasteiger charge is -2.27. The molecule has 0 bridgehead atoms. The van der Waals surface area contributed by atoms with Crippen LogP contribution in [0, 0.1) is 11.8 Å². The molecular formula is C15H32N2O. The summed E-state index contributed by atoms with van der Waals surface area (Å²) in [7, 11) is 1.93. The molecule has 0 radical (unpaired) electrons. The number of amides is 1. The summed E-state index contributed by atoms with van der Waals surface area (Å²) < 4.78 is 0. The second-order valence-electron chi connectivity index (χ2n) is 5.87. The normalized spacial score (nSPS) is 14.6. The molecule has 18 heavy (non-hydrogen) atoms. The average molecular weight is 256 g/mol. The largest absolute Gasteiger partial charge is 0.343 e. The summed E-state index contributed by atoms with van der Waals surface area (Å²) in [5.74, 6) is 1.52. The summed E-state index contributed by atoms with van der Waals surface area (Å²) in [5.41, 5.74) is 5.58. The summed E-state index contributed by atoms with van der Waals surface area (Å²) in [4.78, 5) is 14.0. The summed E-state index contributed by atoms with van der Waals surface area (Å²) in [6.45, 7) is 9.43. The summed E-state index contributed by atoms with van der Waals surface area (Å²) in [6, 6.07) is 0.340. The average Bonchev–Trinajstić information content (AvgIpc) is 2.32. The topological polar surface area (TPSA) is 46.3 Å². The van der Waals surface area contributed by atoms with Crippen molar-refractivity contribution in [3.8, 4) is 0 Å². The van der Waals surface area contributed by atoms with Gasteiger partial charge in [-0.25, -0.2) is 0 Å². The zero-order valence-electron chi connectivity index (χ0n) is 12.9. The standard InChI is InChI=1S/C15H32N2O/c1-6-14(9-10-16)7-8-15(18)17(5)13(4)11-12(2)3/h12-14H,6-11,16H2,1-5H3. The molecule has 3 nitrogen and oxygen atoms in total. The summed E-state index contributed by atoms with van der Waals surface area (Å²) in [5, 5.41) is 0. The molecule has 2 unspecified atom stereocenters. The Morgan fingerprint density at radius 1 is 1.22 bits per heavy atom. The lowest BCUT2D eigenvalue weighted by molar-refractivity contribution is -0.132. The molecule has 2 N–H and O–H groups in total. The maximum absolute atomic E-state index is 12.1. The minimum Gasteiger partial charge on any atom is -0.343 e. The van der Waals surface area contributed by atoms with Crippen LogP contribution in [0.2, 0.25) is 0 Å². The zero-order valence-corrected chi connectivity index (χ0v) is 12.9. The Labute approximate surface area is 113 Å². The van der Waals surface area contributed by atoms with E-state index in [1.807, 2.05) is 11.9 Å². The summed E-state index contributed by atoms with van der Waals surface area (Å²) >= 11 is 0. The van der Waals surface area contributed by atoms with Gasteiger partial charge in [0.15, 0.2) is 0 Å². The minimum absolute atomic E-state index is 0.277. The fourth-order valence-electron chi connectivity index (χ4n) is 2.38. The third kappa shape index (κ3) is 7.00. The molecule has 3 heteroatoms. The lowest BCUT2D eigenvalue weighted by Crippen LogP contribution is -2.36. The minimum atomic E-state index is 0.277. The highest BCUT2D eigenvalue weighted by atomic mass is 16.2. The Bertz CT molecular complexity index is 229. The second-order valence-corrected chi connectivity index (χ2v) is 5.87. The van der Waals surface area contributed by atoms with Crippen molar-refractivity contribution in [1.82, 2.24) is 4.90 Å². The molecule has 0 fully saturated rings. The Morgan fingerprint density at radius 3 is 2.28 bits per heavy atom. The van der Waals surface area contributed by atoms with Crippen LogP contribution in [0.4, 0.5) is 0 Å². The third-order valence-corrected chi connectivity index (χ3v) is 3.79. The second kappa shape index (κ2) is 9.37. The van der Waals surface area contributed by atoms with Gasteiger partial charge in [0.2, 0.25) is 5.91 Å². The number of hydrogen-bond donors (Lipinski definition) is 1. The number of carbonyl (C=O) groups is 1. The Hall–Kier alpha value is -0.570. The van der Waals surface area contributed by atoms with Gasteiger partial charge >= 0.3 is 0 Å². The van der Waals surface area contributed by atoms with Crippen LogP contribution in [0.15, 0.2) is 0 Å². The highest BCUT2D eigenvalue weighted by Crippen LogP contribution is 2.17. The summed E-state index contributed by atoms with van der Waals surface area (Å²) in [6.07, 6.45) is 4.87. The number of hydrogen-bond acceptors (Lipinski definition) is 2. The van der Waals surface area contributed by atoms with Crippen LogP contribution in [0.1, 0.15) is 59.8 Å². The first-order chi connectivity index (χ1) is 8.42. The van der Waals surface area contributed by atoms with Crippen LogP contribution < -0.4 is 5.73 Å². The fourth-order valence-corrected chi connectivity index (χ4v) is 2.38.